The van der Waals surface area contributed by atoms with E-state index in [0.717, 1.165) is 60.8 Å². The molecule has 1 saturated carbocycles. The number of nitrogens with one attached hydrogen (secondary N) is 1. The summed E-state index contributed by atoms with van der Waals surface area (Å²) in [4.78, 5) is 33.2. The molecule has 0 radical (unpaired) electrons. The van der Waals surface area contributed by atoms with Crippen LogP contribution in [-0.4, -0.2) is 59.7 Å². The summed E-state index contributed by atoms with van der Waals surface area (Å²) in [5.41, 5.74) is 4.18. The standard InChI is InChI=1S/C33H39N5O4/c1-5-22-19-38(33(40)23-8-6-7-9-23)13-12-26(22)27-20-37(3)31-30(27)21(2)28(18-35-31)36-32(39)24-10-11-29(25(16-24)17-34)42-15-14-41-4/h5,10-11,16,18,20,22-23,26H,1,6-9,12-15,19H2,2-4H3,(H,36,39)/t22-,26+/m0/s1. The van der Waals surface area contributed by atoms with Crippen molar-refractivity contribution in [1.82, 2.24) is 14.5 Å². The van der Waals surface area contributed by atoms with Gasteiger partial charge in [0.25, 0.3) is 5.91 Å². The predicted octanol–water partition coefficient (Wildman–Crippen LogP) is 5.34. The first kappa shape index (κ1) is 29.3. The highest BCUT2D eigenvalue weighted by molar-refractivity contribution is 6.06. The lowest BCUT2D eigenvalue weighted by Gasteiger charge is -2.38. The van der Waals surface area contributed by atoms with Crippen LogP contribution < -0.4 is 10.1 Å². The molecule has 9 heteroatoms. The third-order valence-corrected chi connectivity index (χ3v) is 8.81. The molecule has 0 unspecified atom stereocenters. The molecule has 42 heavy (non-hydrogen) atoms. The van der Waals surface area contributed by atoms with Crippen LogP contribution in [0.3, 0.4) is 0 Å². The van der Waals surface area contributed by atoms with Crippen LogP contribution >= 0.6 is 0 Å². The number of benzene rings is 1. The lowest BCUT2D eigenvalue weighted by molar-refractivity contribution is -0.137. The average Bonchev–Trinajstić information content (AvgIpc) is 3.66. The number of nitriles is 1. The first-order chi connectivity index (χ1) is 20.4. The minimum atomic E-state index is -0.334. The van der Waals surface area contributed by atoms with Gasteiger partial charge in [0.1, 0.15) is 24.1 Å². The number of piperidine rings is 1. The van der Waals surface area contributed by atoms with E-state index < -0.39 is 0 Å². The second-order valence-electron chi connectivity index (χ2n) is 11.4. The number of carbonyl (C=O) groups is 2. The number of amides is 2. The van der Waals surface area contributed by atoms with Crippen LogP contribution in [-0.2, 0) is 16.6 Å². The smallest absolute Gasteiger partial charge is 0.255 e. The molecule has 3 aromatic rings. The lowest BCUT2D eigenvalue weighted by Crippen LogP contribution is -2.44. The average molecular weight is 570 g/mol. The van der Waals surface area contributed by atoms with Gasteiger partial charge in [-0.25, -0.2) is 4.98 Å². The van der Waals surface area contributed by atoms with Crippen LogP contribution in [0, 0.1) is 30.1 Å². The van der Waals surface area contributed by atoms with Gasteiger partial charge in [0.05, 0.1) is 24.1 Å². The van der Waals surface area contributed by atoms with Gasteiger partial charge in [0, 0.05) is 56.2 Å². The molecule has 2 fully saturated rings. The monoisotopic (exact) mass is 569 g/mol. The molecular formula is C33H39N5O4. The van der Waals surface area contributed by atoms with Crippen molar-refractivity contribution in [3.05, 3.63) is 65.5 Å². The van der Waals surface area contributed by atoms with Crippen LogP contribution in [0.2, 0.25) is 0 Å². The molecule has 1 N–H and O–H groups in total. The molecule has 2 atom stereocenters. The molecule has 9 nitrogen and oxygen atoms in total. The van der Waals surface area contributed by atoms with Crippen molar-refractivity contribution in [1.29, 1.82) is 5.26 Å². The third-order valence-electron chi connectivity index (χ3n) is 8.81. The van der Waals surface area contributed by atoms with Crippen molar-refractivity contribution < 1.29 is 19.1 Å². The van der Waals surface area contributed by atoms with E-state index >= 15 is 0 Å². The van der Waals surface area contributed by atoms with Gasteiger partial charge in [-0.1, -0.05) is 18.9 Å². The summed E-state index contributed by atoms with van der Waals surface area (Å²) < 4.78 is 12.6. The van der Waals surface area contributed by atoms with E-state index in [0.29, 0.717) is 42.7 Å². The Morgan fingerprint density at radius 2 is 2.02 bits per heavy atom. The molecule has 1 aromatic carbocycles. The summed E-state index contributed by atoms with van der Waals surface area (Å²) in [5, 5.41) is 13.6. The normalized spacial score (nSPS) is 19.0. The molecule has 220 valence electrons. The van der Waals surface area contributed by atoms with Gasteiger partial charge in [0.2, 0.25) is 5.91 Å². The number of rotatable bonds is 9. The van der Waals surface area contributed by atoms with Gasteiger partial charge in [-0.15, -0.1) is 6.58 Å². The minimum absolute atomic E-state index is 0.126. The van der Waals surface area contributed by atoms with Gasteiger partial charge in [0.15, 0.2) is 0 Å². The largest absolute Gasteiger partial charge is 0.490 e. The number of pyridine rings is 1. The Balaban J connectivity index is 1.38. The second kappa shape index (κ2) is 12.8. The Bertz CT molecular complexity index is 1530. The van der Waals surface area contributed by atoms with Gasteiger partial charge in [-0.05, 0) is 61.4 Å². The van der Waals surface area contributed by atoms with Crippen LogP contribution in [0.25, 0.3) is 11.0 Å². The van der Waals surface area contributed by atoms with Crippen molar-refractivity contribution >= 4 is 28.5 Å². The highest BCUT2D eigenvalue weighted by Crippen LogP contribution is 2.41. The van der Waals surface area contributed by atoms with Gasteiger partial charge < -0.3 is 24.3 Å². The fourth-order valence-electron chi connectivity index (χ4n) is 6.50. The number of hydrogen-bond donors (Lipinski definition) is 1. The Morgan fingerprint density at radius 1 is 1.24 bits per heavy atom. The first-order valence-corrected chi connectivity index (χ1v) is 14.7. The molecule has 0 bridgehead atoms. The third kappa shape index (κ3) is 5.77. The number of likely N-dealkylation sites (tertiary alicyclic amines) is 1. The van der Waals surface area contributed by atoms with E-state index in [9.17, 15) is 14.9 Å². The summed E-state index contributed by atoms with van der Waals surface area (Å²) in [5.74, 6) is 0.862. The Morgan fingerprint density at radius 3 is 2.74 bits per heavy atom. The minimum Gasteiger partial charge on any atom is -0.490 e. The molecule has 2 amide bonds. The maximum Gasteiger partial charge on any atom is 0.255 e. The van der Waals surface area contributed by atoms with Crippen LogP contribution in [0.1, 0.15) is 65.1 Å². The number of aryl methyl sites for hydroxylation is 2. The summed E-state index contributed by atoms with van der Waals surface area (Å²) >= 11 is 0. The molecule has 1 aliphatic carbocycles. The number of nitrogens with zero attached hydrogens (tertiary/aromatic N) is 4. The fourth-order valence-corrected chi connectivity index (χ4v) is 6.50. The van der Waals surface area contributed by atoms with Gasteiger partial charge in [-0.2, -0.15) is 5.26 Å². The number of methoxy groups -OCH3 is 1. The first-order valence-electron chi connectivity index (χ1n) is 14.7. The van der Waals surface area contributed by atoms with Crippen molar-refractivity contribution in [2.24, 2.45) is 18.9 Å². The zero-order valence-electron chi connectivity index (χ0n) is 24.7. The number of aromatic nitrogens is 2. The molecule has 5 rings (SSSR count). The molecule has 0 spiro atoms. The molecule has 3 heterocycles. The van der Waals surface area contributed by atoms with Crippen LogP contribution in [0.15, 0.2) is 43.2 Å². The summed E-state index contributed by atoms with van der Waals surface area (Å²) in [7, 11) is 3.56. The summed E-state index contributed by atoms with van der Waals surface area (Å²) in [6.45, 7) is 8.25. The Kier molecular flexibility index (Phi) is 8.93. The van der Waals surface area contributed by atoms with Gasteiger partial charge >= 0.3 is 0 Å². The molecular weight excluding hydrogens is 530 g/mol. The van der Waals surface area contributed by atoms with Crippen LogP contribution in [0.5, 0.6) is 5.75 Å². The van der Waals surface area contributed by atoms with E-state index in [1.54, 1.807) is 25.4 Å². The van der Waals surface area contributed by atoms with Gasteiger partial charge in [-0.3, -0.25) is 9.59 Å². The van der Waals surface area contributed by atoms with Crippen molar-refractivity contribution in [3.8, 4) is 11.8 Å². The predicted molar refractivity (Wildman–Crippen MR) is 162 cm³/mol. The zero-order chi connectivity index (χ0) is 29.8. The summed E-state index contributed by atoms with van der Waals surface area (Å²) in [6, 6.07) is 6.91. The molecule has 2 aliphatic rings. The molecule has 1 aliphatic heterocycles. The maximum absolute atomic E-state index is 13.3. The Labute approximate surface area is 247 Å². The van der Waals surface area contributed by atoms with E-state index in [2.05, 4.69) is 24.2 Å². The fraction of sp³-hybridized carbons (Fsp3) is 0.455. The maximum atomic E-state index is 13.3. The van der Waals surface area contributed by atoms with E-state index in [1.807, 2.05) is 29.5 Å². The number of fused-ring (bicyclic) bond motifs is 1. The van der Waals surface area contributed by atoms with Crippen molar-refractivity contribution in [3.63, 3.8) is 0 Å². The topological polar surface area (TPSA) is 109 Å². The zero-order valence-corrected chi connectivity index (χ0v) is 24.7. The summed E-state index contributed by atoms with van der Waals surface area (Å²) in [6.07, 6.45) is 10.9. The lowest BCUT2D eigenvalue weighted by atomic mass is 9.79. The Hall–Kier alpha value is -4.16. The van der Waals surface area contributed by atoms with E-state index in [-0.39, 0.29) is 29.2 Å². The SMILES string of the molecule is C=C[C@H]1CN(C(=O)C2CCCC2)CC[C@H]1c1cn(C)c2ncc(NC(=O)c3ccc(OCCOC)c(C#N)c3)c(C)c12. The van der Waals surface area contributed by atoms with E-state index in [1.165, 1.54) is 6.07 Å². The second-order valence-corrected chi connectivity index (χ2v) is 11.4. The number of carbonyl (C=O) groups excluding carboxylic acids is 2. The van der Waals surface area contributed by atoms with Crippen LogP contribution in [0.4, 0.5) is 5.69 Å². The highest BCUT2D eigenvalue weighted by Gasteiger charge is 2.36. The van der Waals surface area contributed by atoms with E-state index in [4.69, 9.17) is 14.5 Å². The molecule has 2 aromatic heterocycles. The number of anilines is 1. The highest BCUT2D eigenvalue weighted by atomic mass is 16.5. The quantitative estimate of drug-likeness (QED) is 0.275. The number of ether oxygens (including phenoxy) is 2. The van der Waals surface area contributed by atoms with Crippen molar-refractivity contribution in [2.75, 3.05) is 38.7 Å². The van der Waals surface area contributed by atoms with Crippen molar-refractivity contribution in [2.45, 2.75) is 44.9 Å². The number of hydrogen-bond acceptors (Lipinski definition) is 6. The molecule has 1 saturated heterocycles.